The summed E-state index contributed by atoms with van der Waals surface area (Å²) >= 11 is 10.0. The summed E-state index contributed by atoms with van der Waals surface area (Å²) in [6.07, 6.45) is 9.12. The summed E-state index contributed by atoms with van der Waals surface area (Å²) in [5.41, 5.74) is 9.97. The third-order valence-electron chi connectivity index (χ3n) is 14.8. The van der Waals surface area contributed by atoms with Gasteiger partial charge in [0.1, 0.15) is 40.6 Å². The van der Waals surface area contributed by atoms with Crippen molar-refractivity contribution in [3.05, 3.63) is 64.6 Å². The lowest BCUT2D eigenvalue weighted by atomic mass is 9.80. The van der Waals surface area contributed by atoms with Crippen LogP contribution in [0.4, 0.5) is 11.6 Å². The highest BCUT2D eigenvalue weighted by atomic mass is 35.5. The maximum atomic E-state index is 14.1. The molecule has 0 radical (unpaired) electrons. The average molecular weight is 1040 g/mol. The third kappa shape index (κ3) is 12.3. The Morgan fingerprint density at radius 1 is 0.972 bits per heavy atom. The minimum Gasteiger partial charge on any atom is -0.490 e. The SMILES string of the molecule is CC(=O)N[C@H](C(=O)N1C[C@H](O)C[C@H]1C(=O)N[C@@H](C)c1ccc(-c2scnc2C)cc1OC1CCN(C(=O)C2CCN(c3nccc(Sc4cnc(N5CCC(C)(CN)CC5)cn4)c3Cl)CC2)CC1)C(C)(C)C. The number of nitrogens with two attached hydrogens (primary N) is 1. The van der Waals surface area contributed by atoms with Crippen LogP contribution in [0.25, 0.3) is 10.4 Å². The van der Waals surface area contributed by atoms with Crippen molar-refractivity contribution in [1.82, 2.24) is 40.4 Å². The average Bonchev–Trinajstić information content (AvgIpc) is 3.99. The van der Waals surface area contributed by atoms with Gasteiger partial charge in [0.15, 0.2) is 0 Å². The van der Waals surface area contributed by atoms with Gasteiger partial charge in [-0.3, -0.25) is 19.2 Å². The number of carbonyl (C=O) groups excluding carboxylic acids is 4. The van der Waals surface area contributed by atoms with Crippen molar-refractivity contribution in [2.45, 2.75) is 134 Å². The van der Waals surface area contributed by atoms with Gasteiger partial charge in [0.2, 0.25) is 23.6 Å². The van der Waals surface area contributed by atoms with Crippen molar-refractivity contribution >= 4 is 70.0 Å². The molecule has 72 heavy (non-hydrogen) atoms. The predicted molar refractivity (Wildman–Crippen MR) is 281 cm³/mol. The molecular formula is C52H70ClN11O6S2. The normalized spacial score (nSPS) is 20.8. The van der Waals surface area contributed by atoms with E-state index < -0.39 is 41.5 Å². The number of pyridine rings is 1. The highest BCUT2D eigenvalue weighted by Crippen LogP contribution is 2.40. The number of nitrogens with zero attached hydrogens (tertiary/aromatic N) is 8. The van der Waals surface area contributed by atoms with E-state index >= 15 is 0 Å². The lowest BCUT2D eigenvalue weighted by Gasteiger charge is -2.39. The number of β-amino-alcohol motifs (C(OH)–C–C–N with tert-alkyl or cyclic N) is 1. The summed E-state index contributed by atoms with van der Waals surface area (Å²) in [6.45, 7) is 17.9. The number of carbonyl (C=O) groups is 4. The lowest BCUT2D eigenvalue weighted by Crippen LogP contribution is -2.57. The summed E-state index contributed by atoms with van der Waals surface area (Å²) in [5.74, 6) is 1.07. The fraction of sp³-hybridized carbons (Fsp3) is 0.577. The quantitative estimate of drug-likeness (QED) is 0.104. The largest absolute Gasteiger partial charge is 0.490 e. The summed E-state index contributed by atoms with van der Waals surface area (Å²) in [6, 6.07) is 5.51. The molecule has 4 aromatic rings. The van der Waals surface area contributed by atoms with E-state index in [1.165, 1.54) is 23.6 Å². The van der Waals surface area contributed by atoms with Gasteiger partial charge in [-0.1, -0.05) is 63.2 Å². The second-order valence-electron chi connectivity index (χ2n) is 21.3. The third-order valence-corrected chi connectivity index (χ3v) is 17.3. The van der Waals surface area contributed by atoms with Crippen molar-refractivity contribution in [2.24, 2.45) is 22.5 Å². The zero-order chi connectivity index (χ0) is 51.5. The van der Waals surface area contributed by atoms with E-state index in [-0.39, 0.29) is 42.2 Å². The van der Waals surface area contributed by atoms with Crippen molar-refractivity contribution in [3.8, 4) is 16.2 Å². The lowest BCUT2D eigenvalue weighted by molar-refractivity contribution is -0.144. The Hall–Kier alpha value is -5.08. The monoisotopic (exact) mass is 1040 g/mol. The van der Waals surface area contributed by atoms with Crippen LogP contribution in [0.15, 0.2) is 58.3 Å². The Morgan fingerprint density at radius 2 is 1.69 bits per heavy atom. The Kier molecular flexibility index (Phi) is 16.7. The molecule has 388 valence electrons. The minimum absolute atomic E-state index is 0.0153. The molecule has 0 unspecified atom stereocenters. The van der Waals surface area contributed by atoms with E-state index in [2.05, 4.69) is 37.3 Å². The number of aromatic nitrogens is 4. The molecular weight excluding hydrogens is 974 g/mol. The van der Waals surface area contributed by atoms with Crippen LogP contribution in [0.5, 0.6) is 5.75 Å². The fourth-order valence-corrected chi connectivity index (χ4v) is 12.1. The van der Waals surface area contributed by atoms with Gasteiger partial charge in [0.25, 0.3) is 0 Å². The second-order valence-corrected chi connectivity index (χ2v) is 23.6. The van der Waals surface area contributed by atoms with Crippen molar-refractivity contribution in [3.63, 3.8) is 0 Å². The van der Waals surface area contributed by atoms with Gasteiger partial charge >= 0.3 is 0 Å². The summed E-state index contributed by atoms with van der Waals surface area (Å²) in [7, 11) is 0. The molecule has 0 saturated carbocycles. The van der Waals surface area contributed by atoms with E-state index in [4.69, 9.17) is 32.0 Å². The molecule has 4 saturated heterocycles. The molecule has 4 amide bonds. The molecule has 3 aromatic heterocycles. The first-order valence-corrected chi connectivity index (χ1v) is 27.3. The number of aliphatic hydroxyl groups excluding tert-OH is 1. The number of nitrogens with one attached hydrogen (secondary N) is 2. The Morgan fingerprint density at radius 3 is 2.32 bits per heavy atom. The molecule has 20 heteroatoms. The molecule has 0 spiro atoms. The van der Waals surface area contributed by atoms with E-state index in [0.717, 1.165) is 63.4 Å². The van der Waals surface area contributed by atoms with Crippen LogP contribution >= 0.6 is 34.7 Å². The second kappa shape index (κ2) is 22.6. The first-order valence-electron chi connectivity index (χ1n) is 25.2. The van der Waals surface area contributed by atoms with Crippen LogP contribution < -0.4 is 30.9 Å². The minimum atomic E-state index is -0.930. The van der Waals surface area contributed by atoms with E-state index in [1.54, 1.807) is 23.7 Å². The van der Waals surface area contributed by atoms with Gasteiger partial charge in [-0.2, -0.15) is 0 Å². The Labute approximate surface area is 436 Å². The number of thiazole rings is 1. The van der Waals surface area contributed by atoms with Gasteiger partial charge < -0.3 is 45.8 Å². The number of anilines is 2. The van der Waals surface area contributed by atoms with E-state index in [0.29, 0.717) is 75.0 Å². The van der Waals surface area contributed by atoms with Crippen molar-refractivity contribution in [1.29, 1.82) is 0 Å². The number of ether oxygens (including phenoxy) is 1. The molecule has 0 bridgehead atoms. The first kappa shape index (κ1) is 53.2. The molecule has 17 nitrogen and oxygen atoms in total. The molecule has 4 fully saturated rings. The molecule has 4 aliphatic rings. The zero-order valence-corrected chi connectivity index (χ0v) is 44.9. The number of halogens is 1. The number of aliphatic hydroxyl groups is 1. The number of hydrogen-bond donors (Lipinski definition) is 4. The van der Waals surface area contributed by atoms with Gasteiger partial charge in [-0.05, 0) is 74.6 Å². The summed E-state index contributed by atoms with van der Waals surface area (Å²) in [5, 5.41) is 17.9. The first-order chi connectivity index (χ1) is 34.3. The summed E-state index contributed by atoms with van der Waals surface area (Å²) < 4.78 is 6.82. The van der Waals surface area contributed by atoms with Crippen LogP contribution in [0.2, 0.25) is 5.02 Å². The number of hydrogen-bond acceptors (Lipinski definition) is 15. The zero-order valence-electron chi connectivity index (χ0n) is 42.5. The number of piperidine rings is 3. The molecule has 0 aliphatic carbocycles. The van der Waals surface area contributed by atoms with Crippen molar-refractivity contribution < 1.29 is 29.0 Å². The molecule has 5 N–H and O–H groups in total. The molecule has 1 aromatic carbocycles. The van der Waals surface area contributed by atoms with Crippen LogP contribution in [0.3, 0.4) is 0 Å². The standard InChI is InChI=1S/C52H70ClN11O6S2/c1-31(59-48(67)39-25-36(66)28-64(39)50(69)46(51(4,5)6)60-33(3)65)38-9-8-35(45-32(2)58-30-71-45)24-40(38)70-37-13-20-63(21-14-37)49(68)34-11-18-62(19-12-34)47-44(53)41(10-17-55-47)72-43-27-56-42(26-57-43)61-22-15-52(7,29-54)16-23-61/h8-10,17,24,26-27,30-31,34,36-37,39,46,66H,11-16,18-23,25,28-29,54H2,1-7H3,(H,59,67)(H,60,65)/t31-,36+,39-,46+/m0/s1. The van der Waals surface area contributed by atoms with Crippen LogP contribution in [0.1, 0.15) is 104 Å². The summed E-state index contributed by atoms with van der Waals surface area (Å²) in [4.78, 5) is 82.3. The van der Waals surface area contributed by atoms with Gasteiger partial charge in [0.05, 0.1) is 45.6 Å². The highest BCUT2D eigenvalue weighted by Gasteiger charge is 2.45. The van der Waals surface area contributed by atoms with Crippen molar-refractivity contribution in [2.75, 3.05) is 62.2 Å². The smallest absolute Gasteiger partial charge is 0.246 e. The topological polar surface area (TPSA) is 212 Å². The van der Waals surface area contributed by atoms with Crippen LogP contribution in [-0.2, 0) is 19.2 Å². The fourth-order valence-electron chi connectivity index (χ4n) is 10.2. The predicted octanol–water partition coefficient (Wildman–Crippen LogP) is 6.65. The molecule has 4 aliphatic heterocycles. The molecule has 7 heterocycles. The molecule has 8 rings (SSSR count). The Balaban J connectivity index is 0.864. The van der Waals surface area contributed by atoms with Gasteiger partial charge in [-0.15, -0.1) is 11.3 Å². The van der Waals surface area contributed by atoms with Gasteiger partial charge in [0, 0.05) is 94.6 Å². The van der Waals surface area contributed by atoms with Crippen LogP contribution in [0, 0.1) is 23.7 Å². The number of aryl methyl sites for hydroxylation is 1. The highest BCUT2D eigenvalue weighted by molar-refractivity contribution is 7.99. The Bertz CT molecular complexity index is 2570. The number of benzene rings is 1. The number of amides is 4. The molecule has 4 atom stereocenters. The van der Waals surface area contributed by atoms with E-state index in [9.17, 15) is 24.3 Å². The van der Waals surface area contributed by atoms with Crippen LogP contribution in [-0.4, -0.2) is 135 Å². The number of likely N-dealkylation sites (tertiary alicyclic amines) is 2. The number of rotatable bonds is 14. The maximum Gasteiger partial charge on any atom is 0.246 e. The maximum absolute atomic E-state index is 14.1. The van der Waals surface area contributed by atoms with E-state index in [1.807, 2.05) is 75.5 Å². The van der Waals surface area contributed by atoms with Gasteiger partial charge in [-0.25, -0.2) is 19.9 Å².